The van der Waals surface area contributed by atoms with E-state index in [0.29, 0.717) is 23.7 Å². The molecule has 2 aliphatic carbocycles. The van der Waals surface area contributed by atoms with Crippen LogP contribution in [0.4, 0.5) is 5.95 Å². The van der Waals surface area contributed by atoms with Gasteiger partial charge in [-0.25, -0.2) is 9.97 Å². The van der Waals surface area contributed by atoms with Gasteiger partial charge in [0.2, 0.25) is 11.9 Å². The highest BCUT2D eigenvalue weighted by Crippen LogP contribution is 2.61. The third kappa shape index (κ3) is 3.11. The summed E-state index contributed by atoms with van der Waals surface area (Å²) in [6, 6.07) is 1.74. The molecule has 4 nitrogen and oxygen atoms in total. The van der Waals surface area contributed by atoms with Crippen LogP contribution in [0.25, 0.3) is 0 Å². The molecule has 0 saturated heterocycles. The van der Waals surface area contributed by atoms with Gasteiger partial charge in [0.25, 0.3) is 0 Å². The maximum atomic E-state index is 12.6. The summed E-state index contributed by atoms with van der Waals surface area (Å²) in [7, 11) is 0. The molecule has 3 rings (SSSR count). The van der Waals surface area contributed by atoms with Crippen molar-refractivity contribution in [1.82, 2.24) is 9.97 Å². The van der Waals surface area contributed by atoms with E-state index >= 15 is 0 Å². The number of hydrogen-bond acceptors (Lipinski definition) is 3. The van der Waals surface area contributed by atoms with E-state index in [-0.39, 0.29) is 17.2 Å². The predicted molar refractivity (Wildman–Crippen MR) is 96.4 cm³/mol. The first-order valence-electron chi connectivity index (χ1n) is 9.07. The third-order valence-corrected chi connectivity index (χ3v) is 6.53. The molecule has 1 N–H and O–H groups in total. The van der Waals surface area contributed by atoms with E-state index in [4.69, 9.17) is 0 Å². The summed E-state index contributed by atoms with van der Waals surface area (Å²) in [5, 5.41) is 2.84. The second-order valence-corrected chi connectivity index (χ2v) is 8.47. The molecule has 0 radical (unpaired) electrons. The zero-order valence-electron chi connectivity index (χ0n) is 15.1. The average molecular weight is 327 g/mol. The highest BCUT2D eigenvalue weighted by atomic mass is 16.1. The Morgan fingerprint density at radius 1 is 1.29 bits per heavy atom. The molecule has 1 amide bonds. The molecule has 2 fully saturated rings. The van der Waals surface area contributed by atoms with Gasteiger partial charge in [0.15, 0.2) is 0 Å². The van der Waals surface area contributed by atoms with Crippen molar-refractivity contribution >= 4 is 11.9 Å². The van der Waals surface area contributed by atoms with E-state index in [9.17, 15) is 4.79 Å². The van der Waals surface area contributed by atoms with Crippen molar-refractivity contribution in [2.75, 3.05) is 5.32 Å². The van der Waals surface area contributed by atoms with Gasteiger partial charge in [-0.2, -0.15) is 0 Å². The maximum Gasteiger partial charge on any atom is 0.229 e. The summed E-state index contributed by atoms with van der Waals surface area (Å²) in [5.41, 5.74) is 1.77. The van der Waals surface area contributed by atoms with Crippen LogP contribution in [0.5, 0.6) is 0 Å². The van der Waals surface area contributed by atoms with E-state index < -0.39 is 0 Å². The summed E-state index contributed by atoms with van der Waals surface area (Å²) in [5.74, 6) is 1.29. The summed E-state index contributed by atoms with van der Waals surface area (Å²) in [4.78, 5) is 20.7. The number of amides is 1. The minimum absolute atomic E-state index is 0.00222. The van der Waals surface area contributed by atoms with Crippen LogP contribution in [0.2, 0.25) is 0 Å². The van der Waals surface area contributed by atoms with E-state index in [1.165, 1.54) is 31.3 Å². The molecule has 130 valence electrons. The Morgan fingerprint density at radius 3 is 2.71 bits per heavy atom. The van der Waals surface area contributed by atoms with Gasteiger partial charge >= 0.3 is 0 Å². The van der Waals surface area contributed by atoms with E-state index in [1.807, 2.05) is 0 Å². The summed E-state index contributed by atoms with van der Waals surface area (Å²) in [6.07, 6.45) is 9.75. The van der Waals surface area contributed by atoms with Crippen molar-refractivity contribution in [2.24, 2.45) is 22.7 Å². The van der Waals surface area contributed by atoms with E-state index in [2.05, 4.69) is 42.6 Å². The summed E-state index contributed by atoms with van der Waals surface area (Å²) in [6.45, 7) is 11.5. The Bertz CT molecular complexity index is 625. The molecule has 24 heavy (non-hydrogen) atoms. The fourth-order valence-corrected chi connectivity index (χ4v) is 5.38. The number of rotatable bonds is 3. The molecule has 2 aliphatic rings. The standard InChI is InChI=1S/C20H29N3O/c1-14-7-8-16-19(2,3)9-5-10-20(16,4)15(14)13-17(24)23-18-21-11-6-12-22-18/h6,11-12,15-16H,1,5,7-10,13H2,2-4H3,(H,21,22,23,24)/t15-,16-,20+/m0/s1. The quantitative estimate of drug-likeness (QED) is 0.825. The van der Waals surface area contributed by atoms with Gasteiger partial charge in [-0.3, -0.25) is 10.1 Å². The number of nitrogens with zero attached hydrogens (tertiary/aromatic N) is 2. The molecule has 1 aromatic rings. The lowest BCUT2D eigenvalue weighted by Crippen LogP contribution is -2.50. The molecule has 0 aromatic carbocycles. The van der Waals surface area contributed by atoms with Crippen LogP contribution in [0.15, 0.2) is 30.6 Å². The van der Waals surface area contributed by atoms with Crippen molar-refractivity contribution in [1.29, 1.82) is 0 Å². The molecule has 1 heterocycles. The second-order valence-electron chi connectivity index (χ2n) is 8.47. The molecule has 1 aromatic heterocycles. The zero-order chi connectivity index (χ0) is 17.4. The number of anilines is 1. The van der Waals surface area contributed by atoms with Crippen molar-refractivity contribution in [3.05, 3.63) is 30.6 Å². The van der Waals surface area contributed by atoms with Gasteiger partial charge in [0.1, 0.15) is 0 Å². The third-order valence-electron chi connectivity index (χ3n) is 6.53. The topological polar surface area (TPSA) is 54.9 Å². The molecular formula is C20H29N3O. The second kappa shape index (κ2) is 6.30. The highest BCUT2D eigenvalue weighted by Gasteiger charge is 2.53. The van der Waals surface area contributed by atoms with Crippen LogP contribution in [0.1, 0.15) is 59.3 Å². The number of nitrogens with one attached hydrogen (secondary N) is 1. The smallest absolute Gasteiger partial charge is 0.229 e. The van der Waals surface area contributed by atoms with Gasteiger partial charge in [-0.05, 0) is 54.4 Å². The normalized spacial score (nSPS) is 32.0. The largest absolute Gasteiger partial charge is 0.295 e. The Hall–Kier alpha value is -1.71. The van der Waals surface area contributed by atoms with Crippen LogP contribution < -0.4 is 5.32 Å². The molecule has 0 bridgehead atoms. The molecular weight excluding hydrogens is 298 g/mol. The molecule has 3 atom stereocenters. The maximum absolute atomic E-state index is 12.6. The van der Waals surface area contributed by atoms with Gasteiger partial charge in [-0.1, -0.05) is 39.3 Å². The van der Waals surface area contributed by atoms with Crippen molar-refractivity contribution in [3.8, 4) is 0 Å². The first-order valence-corrected chi connectivity index (χ1v) is 9.07. The lowest BCUT2D eigenvalue weighted by atomic mass is 9.47. The SMILES string of the molecule is C=C1CC[C@H]2C(C)(C)CCC[C@]2(C)[C@H]1CC(=O)Nc1ncccn1. The van der Waals surface area contributed by atoms with Crippen molar-refractivity contribution in [2.45, 2.75) is 59.3 Å². The number of carbonyl (C=O) groups excluding carboxylic acids is 1. The highest BCUT2D eigenvalue weighted by molar-refractivity contribution is 5.89. The Kier molecular flexibility index (Phi) is 4.50. The monoisotopic (exact) mass is 327 g/mol. The predicted octanol–water partition coefficient (Wildman–Crippen LogP) is 4.60. The Morgan fingerprint density at radius 2 is 2.00 bits per heavy atom. The average Bonchev–Trinajstić information content (AvgIpc) is 2.51. The van der Waals surface area contributed by atoms with Crippen molar-refractivity contribution in [3.63, 3.8) is 0 Å². The van der Waals surface area contributed by atoms with E-state index in [1.54, 1.807) is 18.5 Å². The summed E-state index contributed by atoms with van der Waals surface area (Å²) < 4.78 is 0. The lowest BCUT2D eigenvalue weighted by molar-refractivity contribution is -0.120. The van der Waals surface area contributed by atoms with Crippen LogP contribution in [-0.4, -0.2) is 15.9 Å². The van der Waals surface area contributed by atoms with Gasteiger partial charge < -0.3 is 0 Å². The molecule has 4 heteroatoms. The number of allylic oxidation sites excluding steroid dienone is 1. The van der Waals surface area contributed by atoms with Crippen LogP contribution in [0.3, 0.4) is 0 Å². The van der Waals surface area contributed by atoms with Crippen molar-refractivity contribution < 1.29 is 4.79 Å². The molecule has 2 saturated carbocycles. The lowest BCUT2D eigenvalue weighted by Gasteiger charge is -2.57. The zero-order valence-corrected chi connectivity index (χ0v) is 15.1. The number of hydrogen-bond donors (Lipinski definition) is 1. The molecule has 0 unspecified atom stereocenters. The van der Waals surface area contributed by atoms with Gasteiger partial charge in [0.05, 0.1) is 0 Å². The molecule has 0 aliphatic heterocycles. The Labute approximate surface area is 145 Å². The van der Waals surface area contributed by atoms with Gasteiger partial charge in [-0.15, -0.1) is 0 Å². The Balaban J connectivity index is 1.77. The fraction of sp³-hybridized carbons (Fsp3) is 0.650. The summed E-state index contributed by atoms with van der Waals surface area (Å²) >= 11 is 0. The minimum Gasteiger partial charge on any atom is -0.295 e. The van der Waals surface area contributed by atoms with Crippen LogP contribution in [-0.2, 0) is 4.79 Å². The fourth-order valence-electron chi connectivity index (χ4n) is 5.38. The first kappa shape index (κ1) is 17.1. The number of carbonyl (C=O) groups is 1. The van der Waals surface area contributed by atoms with Crippen LogP contribution in [0, 0.1) is 22.7 Å². The first-order chi connectivity index (χ1) is 11.3. The minimum atomic E-state index is -0.00222. The molecule has 0 spiro atoms. The van der Waals surface area contributed by atoms with Gasteiger partial charge in [0, 0.05) is 18.8 Å². The van der Waals surface area contributed by atoms with Crippen LogP contribution >= 0.6 is 0 Å². The number of aromatic nitrogens is 2. The number of fused-ring (bicyclic) bond motifs is 1. The van der Waals surface area contributed by atoms with E-state index in [0.717, 1.165) is 6.42 Å².